The van der Waals surface area contributed by atoms with Crippen molar-refractivity contribution < 1.29 is 0 Å². The van der Waals surface area contributed by atoms with E-state index in [9.17, 15) is 0 Å². The second kappa shape index (κ2) is 5.85. The van der Waals surface area contributed by atoms with Gasteiger partial charge in [0.1, 0.15) is 0 Å². The molecule has 0 radical (unpaired) electrons. The lowest BCUT2D eigenvalue weighted by atomic mass is 10.2. The molecule has 0 bridgehead atoms. The minimum Gasteiger partial charge on any atom is -0.322 e. The Labute approximate surface area is 133 Å². The first-order valence-corrected chi connectivity index (χ1v) is 7.84. The zero-order chi connectivity index (χ0) is 14.8. The zero-order valence-corrected chi connectivity index (χ0v) is 13.1. The van der Waals surface area contributed by atoms with E-state index in [1.807, 2.05) is 43.4 Å². The molecule has 0 aliphatic carbocycles. The van der Waals surface area contributed by atoms with Crippen molar-refractivity contribution in [2.75, 3.05) is 0 Å². The fraction of sp³-hybridized carbons (Fsp3) is 0.118. The van der Waals surface area contributed by atoms with Crippen LogP contribution in [0.2, 0.25) is 5.02 Å². The maximum atomic E-state index is 6.26. The SMILES string of the molecule is C#Cc1ccc(CSc2nc3ccccc3n2C)c(Cl)c1. The van der Waals surface area contributed by atoms with Gasteiger partial charge in [0.15, 0.2) is 5.16 Å². The number of rotatable bonds is 3. The highest BCUT2D eigenvalue weighted by Gasteiger charge is 2.09. The van der Waals surface area contributed by atoms with Crippen molar-refractivity contribution in [3.63, 3.8) is 0 Å². The number of hydrogen-bond donors (Lipinski definition) is 0. The van der Waals surface area contributed by atoms with Crippen LogP contribution in [-0.4, -0.2) is 9.55 Å². The molecule has 0 amide bonds. The minimum atomic E-state index is 0.705. The van der Waals surface area contributed by atoms with Gasteiger partial charge in [0.05, 0.1) is 11.0 Å². The number of thioether (sulfide) groups is 1. The van der Waals surface area contributed by atoms with Gasteiger partial charge in [-0.2, -0.15) is 0 Å². The average Bonchev–Trinajstić information content (AvgIpc) is 2.83. The highest BCUT2D eigenvalue weighted by Crippen LogP contribution is 2.28. The molecular weight excluding hydrogens is 300 g/mol. The van der Waals surface area contributed by atoms with Crippen LogP contribution in [0.15, 0.2) is 47.6 Å². The lowest BCUT2D eigenvalue weighted by molar-refractivity contribution is 0.815. The van der Waals surface area contributed by atoms with Gasteiger partial charge in [0.2, 0.25) is 0 Å². The van der Waals surface area contributed by atoms with Gasteiger partial charge in [-0.25, -0.2) is 4.98 Å². The lowest BCUT2D eigenvalue weighted by Crippen LogP contribution is -1.92. The van der Waals surface area contributed by atoms with E-state index in [1.54, 1.807) is 11.8 Å². The van der Waals surface area contributed by atoms with Crippen molar-refractivity contribution in [3.8, 4) is 12.3 Å². The molecule has 21 heavy (non-hydrogen) atoms. The number of imidazole rings is 1. The summed E-state index contributed by atoms with van der Waals surface area (Å²) in [6.07, 6.45) is 5.37. The van der Waals surface area contributed by atoms with Crippen molar-refractivity contribution >= 4 is 34.4 Å². The van der Waals surface area contributed by atoms with Crippen LogP contribution < -0.4 is 0 Å². The van der Waals surface area contributed by atoms with Crippen LogP contribution in [0, 0.1) is 12.3 Å². The van der Waals surface area contributed by atoms with Crippen LogP contribution >= 0.6 is 23.4 Å². The quantitative estimate of drug-likeness (QED) is 0.523. The van der Waals surface area contributed by atoms with E-state index < -0.39 is 0 Å². The van der Waals surface area contributed by atoms with E-state index in [2.05, 4.69) is 21.5 Å². The number of nitrogens with zero attached hydrogens (tertiary/aromatic N) is 2. The van der Waals surface area contributed by atoms with Gasteiger partial charge in [-0.05, 0) is 29.8 Å². The minimum absolute atomic E-state index is 0.705. The molecule has 1 aromatic heterocycles. The van der Waals surface area contributed by atoms with Crippen molar-refractivity contribution in [3.05, 3.63) is 58.6 Å². The number of fused-ring (bicyclic) bond motifs is 1. The zero-order valence-electron chi connectivity index (χ0n) is 11.5. The number of terminal acetylenes is 1. The van der Waals surface area contributed by atoms with Crippen molar-refractivity contribution in [1.82, 2.24) is 9.55 Å². The van der Waals surface area contributed by atoms with E-state index in [-0.39, 0.29) is 0 Å². The van der Waals surface area contributed by atoms with Gasteiger partial charge < -0.3 is 4.57 Å². The Morgan fingerprint density at radius 3 is 2.81 bits per heavy atom. The number of para-hydroxylation sites is 2. The molecule has 2 aromatic carbocycles. The largest absolute Gasteiger partial charge is 0.322 e. The predicted octanol–water partition coefficient (Wildman–Crippen LogP) is 4.50. The smallest absolute Gasteiger partial charge is 0.169 e. The fourth-order valence-corrected chi connectivity index (χ4v) is 3.47. The Morgan fingerprint density at radius 2 is 2.10 bits per heavy atom. The van der Waals surface area contributed by atoms with Crippen LogP contribution in [0.4, 0.5) is 0 Å². The van der Waals surface area contributed by atoms with E-state index in [0.29, 0.717) is 5.02 Å². The molecule has 1 heterocycles. The first kappa shape index (κ1) is 14.1. The third kappa shape index (κ3) is 2.78. The number of aryl methyl sites for hydroxylation is 1. The lowest BCUT2D eigenvalue weighted by Gasteiger charge is -2.05. The monoisotopic (exact) mass is 312 g/mol. The standard InChI is InChI=1S/C17H13ClN2S/c1-3-12-8-9-13(14(18)10-12)11-21-17-19-15-6-4-5-7-16(15)20(17)2/h1,4-10H,11H2,2H3. The first-order valence-electron chi connectivity index (χ1n) is 6.48. The molecule has 0 saturated heterocycles. The summed E-state index contributed by atoms with van der Waals surface area (Å²) in [5, 5.41) is 1.69. The second-order valence-corrected chi connectivity index (χ2v) is 6.03. The molecule has 0 aliphatic heterocycles. The number of hydrogen-bond acceptors (Lipinski definition) is 2. The Balaban J connectivity index is 1.84. The summed E-state index contributed by atoms with van der Waals surface area (Å²) in [5.74, 6) is 3.35. The molecule has 2 nitrogen and oxygen atoms in total. The molecule has 3 aromatic rings. The molecule has 0 saturated carbocycles. The highest BCUT2D eigenvalue weighted by molar-refractivity contribution is 7.98. The molecule has 0 spiro atoms. The summed E-state index contributed by atoms with van der Waals surface area (Å²) in [7, 11) is 2.03. The topological polar surface area (TPSA) is 17.8 Å². The van der Waals surface area contributed by atoms with Crippen LogP contribution in [0.25, 0.3) is 11.0 Å². The average molecular weight is 313 g/mol. The molecule has 0 atom stereocenters. The van der Waals surface area contributed by atoms with Crippen LogP contribution in [0.3, 0.4) is 0 Å². The second-order valence-electron chi connectivity index (χ2n) is 4.68. The Kier molecular flexibility index (Phi) is 3.92. The molecule has 0 N–H and O–H groups in total. The van der Waals surface area contributed by atoms with Crippen LogP contribution in [0.5, 0.6) is 0 Å². The van der Waals surface area contributed by atoms with Crippen molar-refractivity contribution in [2.24, 2.45) is 7.05 Å². The summed E-state index contributed by atoms with van der Waals surface area (Å²) in [6, 6.07) is 13.8. The van der Waals surface area contributed by atoms with Gasteiger partial charge in [0, 0.05) is 23.4 Å². The molecule has 104 valence electrons. The summed E-state index contributed by atoms with van der Waals surface area (Å²) >= 11 is 7.93. The van der Waals surface area contributed by atoms with Gasteiger partial charge >= 0.3 is 0 Å². The number of benzene rings is 2. The summed E-state index contributed by atoms with van der Waals surface area (Å²) in [4.78, 5) is 4.64. The molecule has 4 heteroatoms. The third-order valence-electron chi connectivity index (χ3n) is 3.32. The summed E-state index contributed by atoms with van der Waals surface area (Å²) in [6.45, 7) is 0. The summed E-state index contributed by atoms with van der Waals surface area (Å²) in [5.41, 5.74) is 4.01. The Bertz CT molecular complexity index is 846. The maximum absolute atomic E-state index is 6.26. The van der Waals surface area contributed by atoms with Crippen LogP contribution in [-0.2, 0) is 12.8 Å². The molecule has 3 rings (SSSR count). The molecule has 0 aliphatic rings. The molecule has 0 unspecified atom stereocenters. The molecule has 0 fully saturated rings. The van der Waals surface area contributed by atoms with Gasteiger partial charge in [0.25, 0.3) is 0 Å². The van der Waals surface area contributed by atoms with Crippen molar-refractivity contribution in [1.29, 1.82) is 0 Å². The van der Waals surface area contributed by atoms with Crippen LogP contribution in [0.1, 0.15) is 11.1 Å². The van der Waals surface area contributed by atoms with Gasteiger partial charge in [-0.3, -0.25) is 0 Å². The number of aromatic nitrogens is 2. The number of halogens is 1. The highest BCUT2D eigenvalue weighted by atomic mass is 35.5. The maximum Gasteiger partial charge on any atom is 0.169 e. The van der Waals surface area contributed by atoms with E-state index in [4.69, 9.17) is 18.0 Å². The van der Waals surface area contributed by atoms with Gasteiger partial charge in [-0.1, -0.05) is 47.5 Å². The fourth-order valence-electron chi connectivity index (χ4n) is 2.15. The van der Waals surface area contributed by atoms with Crippen molar-refractivity contribution in [2.45, 2.75) is 10.9 Å². The predicted molar refractivity (Wildman–Crippen MR) is 89.7 cm³/mol. The first-order chi connectivity index (χ1) is 10.2. The third-order valence-corrected chi connectivity index (χ3v) is 4.75. The Morgan fingerprint density at radius 1 is 1.29 bits per heavy atom. The van der Waals surface area contributed by atoms with E-state index >= 15 is 0 Å². The summed E-state index contributed by atoms with van der Waals surface area (Å²) < 4.78 is 2.10. The van der Waals surface area contributed by atoms with E-state index in [1.165, 1.54) is 0 Å². The van der Waals surface area contributed by atoms with E-state index in [0.717, 1.165) is 33.1 Å². The Hall–Kier alpha value is -1.89. The molecular formula is C17H13ClN2S. The van der Waals surface area contributed by atoms with Gasteiger partial charge in [-0.15, -0.1) is 6.42 Å². The normalized spacial score (nSPS) is 10.7.